The smallest absolute Gasteiger partial charge is 0.875 e. The second-order valence-corrected chi connectivity index (χ2v) is 1.51. The average molecular weight is 152 g/mol. The van der Waals surface area contributed by atoms with E-state index in [2.05, 4.69) is 4.74 Å². The van der Waals surface area contributed by atoms with E-state index in [1.54, 1.807) is 6.92 Å². The third-order valence-corrected chi connectivity index (χ3v) is 0.608. The third-order valence-electron chi connectivity index (χ3n) is 0.608. The second kappa shape index (κ2) is 7.12. The van der Waals surface area contributed by atoms with E-state index in [1.165, 1.54) is 6.92 Å². The van der Waals surface area contributed by atoms with Crippen molar-refractivity contribution in [2.75, 3.05) is 6.61 Å². The van der Waals surface area contributed by atoms with E-state index in [-0.39, 0.29) is 35.3 Å². The van der Waals surface area contributed by atoms with Crippen LogP contribution in [-0.2, 0) is 9.53 Å². The van der Waals surface area contributed by atoms with Crippen molar-refractivity contribution in [3.8, 4) is 0 Å². The molecule has 0 saturated heterocycles. The van der Waals surface area contributed by atoms with Crippen LogP contribution in [0.15, 0.2) is 11.8 Å². The molecule has 0 radical (unpaired) electrons. The molecule has 0 atom stereocenters. The molecule has 0 aliphatic heterocycles. The fraction of sp³-hybridized carbons (Fsp3) is 0.500. The van der Waals surface area contributed by atoms with Crippen LogP contribution in [0.4, 0.5) is 0 Å². The fourth-order valence-electron chi connectivity index (χ4n) is 0.350. The van der Waals surface area contributed by atoms with Crippen molar-refractivity contribution >= 4 is 5.97 Å². The molecule has 0 saturated carbocycles. The maximum Gasteiger partial charge on any atom is 1.00 e. The van der Waals surface area contributed by atoms with Gasteiger partial charge < -0.3 is 9.84 Å². The topological polar surface area (TPSA) is 49.4 Å². The predicted molar refractivity (Wildman–Crippen MR) is 30.4 cm³/mol. The molecule has 4 heteroatoms. The standard InChI is InChI=1S/C6H10O3.Na/c1-3-9-6(8)4-5(2)7;/h4,7H,3H2,1-2H3;/q;+1/p-1/b5-4+;. The van der Waals surface area contributed by atoms with Gasteiger partial charge in [-0.2, -0.15) is 0 Å². The minimum Gasteiger partial charge on any atom is -0.875 e. The summed E-state index contributed by atoms with van der Waals surface area (Å²) < 4.78 is 4.44. The zero-order valence-electron chi connectivity index (χ0n) is 6.51. The van der Waals surface area contributed by atoms with Crippen molar-refractivity contribution in [2.24, 2.45) is 0 Å². The van der Waals surface area contributed by atoms with E-state index in [0.717, 1.165) is 6.08 Å². The summed E-state index contributed by atoms with van der Waals surface area (Å²) in [5, 5.41) is 10.2. The fourth-order valence-corrected chi connectivity index (χ4v) is 0.350. The van der Waals surface area contributed by atoms with Crippen LogP contribution in [0.25, 0.3) is 0 Å². The Morgan fingerprint density at radius 2 is 2.20 bits per heavy atom. The molecule has 10 heavy (non-hydrogen) atoms. The summed E-state index contributed by atoms with van der Waals surface area (Å²) in [5.41, 5.74) is 0. The number of esters is 1. The quantitative estimate of drug-likeness (QED) is 0.181. The van der Waals surface area contributed by atoms with Gasteiger partial charge in [0.2, 0.25) is 0 Å². The molecule has 0 aromatic carbocycles. The molecule has 3 nitrogen and oxygen atoms in total. The maximum absolute atomic E-state index is 10.4. The molecule has 0 fully saturated rings. The van der Waals surface area contributed by atoms with Gasteiger partial charge in [0.15, 0.2) is 0 Å². The van der Waals surface area contributed by atoms with Crippen molar-refractivity contribution < 1.29 is 44.2 Å². The van der Waals surface area contributed by atoms with Crippen LogP contribution in [0.2, 0.25) is 0 Å². The minimum absolute atomic E-state index is 0. The number of hydrogen-bond acceptors (Lipinski definition) is 3. The number of rotatable bonds is 2. The molecule has 0 amide bonds. The van der Waals surface area contributed by atoms with E-state index in [9.17, 15) is 9.90 Å². The van der Waals surface area contributed by atoms with Gasteiger partial charge in [0, 0.05) is 6.08 Å². The average Bonchev–Trinajstić information content (AvgIpc) is 1.63. The van der Waals surface area contributed by atoms with Gasteiger partial charge in [0.25, 0.3) is 0 Å². The number of ether oxygens (including phenoxy) is 1. The van der Waals surface area contributed by atoms with Gasteiger partial charge in [-0.05, 0) is 6.92 Å². The molecule has 0 aromatic heterocycles. The SMILES string of the molecule is CCOC(=O)/C=C(\C)[O-].[Na+]. The summed E-state index contributed by atoms with van der Waals surface area (Å²) in [6.45, 7) is 3.30. The monoisotopic (exact) mass is 152 g/mol. The van der Waals surface area contributed by atoms with Gasteiger partial charge in [0.1, 0.15) is 0 Å². The largest absolute Gasteiger partial charge is 1.00 e. The molecule has 0 rings (SSSR count). The summed E-state index contributed by atoms with van der Waals surface area (Å²) in [6.07, 6.45) is 0.920. The van der Waals surface area contributed by atoms with E-state index in [1.807, 2.05) is 0 Å². The Morgan fingerprint density at radius 3 is 2.50 bits per heavy atom. The van der Waals surface area contributed by atoms with Crippen molar-refractivity contribution in [1.29, 1.82) is 0 Å². The van der Waals surface area contributed by atoms with E-state index < -0.39 is 5.97 Å². The summed E-state index contributed by atoms with van der Waals surface area (Å²) in [6, 6.07) is 0. The number of carbonyl (C=O) groups is 1. The number of hydrogen-bond donors (Lipinski definition) is 0. The van der Waals surface area contributed by atoms with Gasteiger partial charge in [-0.15, -0.1) is 5.76 Å². The first kappa shape index (κ1) is 12.7. The van der Waals surface area contributed by atoms with Crippen molar-refractivity contribution in [3.63, 3.8) is 0 Å². The maximum atomic E-state index is 10.4. The minimum atomic E-state index is -0.565. The van der Waals surface area contributed by atoms with Gasteiger partial charge >= 0.3 is 35.5 Å². The Hall–Kier alpha value is 0.0100. The predicted octanol–water partition coefficient (Wildman–Crippen LogP) is -3.18. The molecule has 0 aliphatic rings. The van der Waals surface area contributed by atoms with Crippen molar-refractivity contribution in [1.82, 2.24) is 0 Å². The Balaban J connectivity index is 0. The van der Waals surface area contributed by atoms with Crippen LogP contribution in [0, 0.1) is 0 Å². The Bertz CT molecular complexity index is 127. The first-order valence-electron chi connectivity index (χ1n) is 2.69. The Kier molecular flexibility index (Phi) is 9.02. The molecule has 52 valence electrons. The normalized spacial score (nSPS) is 10.0. The number of allylic oxidation sites excluding steroid dienone is 1. The van der Waals surface area contributed by atoms with Crippen molar-refractivity contribution in [2.45, 2.75) is 13.8 Å². The van der Waals surface area contributed by atoms with E-state index >= 15 is 0 Å². The van der Waals surface area contributed by atoms with Gasteiger partial charge in [0.05, 0.1) is 6.61 Å². The molecule has 0 spiro atoms. The van der Waals surface area contributed by atoms with E-state index in [4.69, 9.17) is 0 Å². The second-order valence-electron chi connectivity index (χ2n) is 1.51. The van der Waals surface area contributed by atoms with Crippen LogP contribution in [0.5, 0.6) is 0 Å². The Labute approximate surface area is 82.4 Å². The Morgan fingerprint density at radius 1 is 1.70 bits per heavy atom. The van der Waals surface area contributed by atoms with Gasteiger partial charge in [-0.3, -0.25) is 0 Å². The molecule has 0 unspecified atom stereocenters. The summed E-state index contributed by atoms with van der Waals surface area (Å²) in [7, 11) is 0. The first-order chi connectivity index (χ1) is 4.16. The first-order valence-corrected chi connectivity index (χ1v) is 2.69. The molecular formula is C6H9NaO3. The van der Waals surface area contributed by atoms with Crippen LogP contribution >= 0.6 is 0 Å². The van der Waals surface area contributed by atoms with E-state index in [0.29, 0.717) is 6.61 Å². The van der Waals surface area contributed by atoms with Crippen molar-refractivity contribution in [3.05, 3.63) is 11.8 Å². The van der Waals surface area contributed by atoms with Crippen LogP contribution in [0.3, 0.4) is 0 Å². The summed E-state index contributed by atoms with van der Waals surface area (Å²) in [4.78, 5) is 10.4. The van der Waals surface area contributed by atoms with Crippen LogP contribution in [0.1, 0.15) is 13.8 Å². The molecule has 0 bridgehead atoms. The third kappa shape index (κ3) is 8.01. The summed E-state index contributed by atoms with van der Waals surface area (Å²) >= 11 is 0. The van der Waals surface area contributed by atoms with Crippen LogP contribution in [-0.4, -0.2) is 12.6 Å². The zero-order valence-corrected chi connectivity index (χ0v) is 8.51. The molecule has 0 aliphatic carbocycles. The van der Waals surface area contributed by atoms with Gasteiger partial charge in [-0.25, -0.2) is 4.79 Å². The summed E-state index contributed by atoms with van der Waals surface area (Å²) in [5.74, 6) is -0.849. The molecule has 0 aromatic rings. The molecular weight excluding hydrogens is 143 g/mol. The number of carbonyl (C=O) groups excluding carboxylic acids is 1. The molecule has 0 heterocycles. The van der Waals surface area contributed by atoms with Gasteiger partial charge in [-0.1, -0.05) is 6.92 Å². The van der Waals surface area contributed by atoms with Crippen LogP contribution < -0.4 is 34.7 Å². The zero-order chi connectivity index (χ0) is 7.28. The molecule has 0 N–H and O–H groups in total.